The van der Waals surface area contributed by atoms with Crippen LogP contribution in [0.25, 0.3) is 0 Å². The van der Waals surface area contributed by atoms with Crippen LogP contribution in [0.15, 0.2) is 30.5 Å². The van der Waals surface area contributed by atoms with Crippen molar-refractivity contribution in [1.29, 1.82) is 0 Å². The van der Waals surface area contributed by atoms with Gasteiger partial charge in [-0.15, -0.1) is 0 Å². The summed E-state index contributed by atoms with van der Waals surface area (Å²) in [7, 11) is 3.95. The van der Waals surface area contributed by atoms with Gasteiger partial charge in [0.2, 0.25) is 5.95 Å². The Bertz CT molecular complexity index is 802. The lowest BCUT2D eigenvalue weighted by molar-refractivity contribution is -0.00461. The Kier molecular flexibility index (Phi) is 5.32. The van der Waals surface area contributed by atoms with Gasteiger partial charge in [-0.05, 0) is 31.2 Å². The third-order valence-corrected chi connectivity index (χ3v) is 4.96. The average Bonchev–Trinajstić information content (AvgIpc) is 3.00. The molecule has 0 spiro atoms. The molecule has 0 N–H and O–H groups in total. The fraction of sp³-hybridized carbons (Fsp3) is 0.500. The summed E-state index contributed by atoms with van der Waals surface area (Å²) in [5.41, 5.74) is 1.04. The van der Waals surface area contributed by atoms with E-state index in [1.54, 1.807) is 12.1 Å². The third kappa shape index (κ3) is 4.02. The van der Waals surface area contributed by atoms with Crippen molar-refractivity contribution in [1.82, 2.24) is 9.97 Å². The maximum atomic E-state index is 13.0. The van der Waals surface area contributed by atoms with Crippen LogP contribution in [0.4, 0.5) is 16.2 Å². The molecular weight excluding hydrogens is 363 g/mol. The highest BCUT2D eigenvalue weighted by molar-refractivity contribution is 5.49. The number of halogens is 1. The van der Waals surface area contributed by atoms with Crippen LogP contribution < -0.4 is 14.5 Å². The number of anilines is 2. The highest BCUT2D eigenvalue weighted by atomic mass is 19.1. The summed E-state index contributed by atoms with van der Waals surface area (Å²) in [6.45, 7) is 4.18. The van der Waals surface area contributed by atoms with Crippen LogP contribution in [0, 0.1) is 12.7 Å². The molecule has 2 fully saturated rings. The molecule has 28 heavy (non-hydrogen) atoms. The van der Waals surface area contributed by atoms with E-state index in [9.17, 15) is 4.39 Å². The first-order valence-electron chi connectivity index (χ1n) is 9.41. The summed E-state index contributed by atoms with van der Waals surface area (Å²) < 4.78 is 31.0. The molecule has 4 rings (SSSR count). The lowest BCUT2D eigenvalue weighted by Gasteiger charge is -2.21. The van der Waals surface area contributed by atoms with Gasteiger partial charge in [0.05, 0.1) is 13.2 Å². The number of fused-ring (bicyclic) bond motifs is 1. The zero-order valence-electron chi connectivity index (χ0n) is 16.3. The molecule has 0 radical (unpaired) electrons. The molecule has 1 aromatic heterocycles. The molecule has 150 valence electrons. The Morgan fingerprint density at radius 3 is 2.36 bits per heavy atom. The van der Waals surface area contributed by atoms with Gasteiger partial charge in [-0.2, -0.15) is 4.98 Å². The Morgan fingerprint density at radius 2 is 1.75 bits per heavy atom. The van der Waals surface area contributed by atoms with Crippen LogP contribution in [0.5, 0.6) is 5.75 Å². The second kappa shape index (κ2) is 7.89. The number of aryl methyl sites for hydroxylation is 1. The molecule has 2 saturated heterocycles. The highest BCUT2D eigenvalue weighted by Gasteiger charge is 2.39. The molecule has 2 aromatic rings. The quantitative estimate of drug-likeness (QED) is 0.794. The molecule has 1 aromatic carbocycles. The second-order valence-electron chi connectivity index (χ2n) is 7.41. The summed E-state index contributed by atoms with van der Waals surface area (Å²) in [6, 6.07) is 5.98. The van der Waals surface area contributed by atoms with Crippen molar-refractivity contribution in [3.63, 3.8) is 0 Å². The van der Waals surface area contributed by atoms with E-state index in [2.05, 4.69) is 14.9 Å². The molecule has 0 aliphatic carbocycles. The van der Waals surface area contributed by atoms with E-state index in [0.717, 1.165) is 11.4 Å². The van der Waals surface area contributed by atoms with Crippen LogP contribution in [0.1, 0.15) is 5.56 Å². The maximum Gasteiger partial charge on any atom is 0.227 e. The van der Waals surface area contributed by atoms with E-state index < -0.39 is 0 Å². The maximum absolute atomic E-state index is 13.0. The molecule has 0 unspecified atom stereocenters. The Labute approximate surface area is 164 Å². The molecule has 8 heteroatoms. The molecule has 2 aliphatic rings. The standard InChI is InChI=1S/C20H25FN4O3/c1-13-8-22-20(23-19(13)24(2)3)25-9-17-18(10-25)27-12-16(11-26-17)28-15-6-4-14(21)5-7-15/h4-8,16-18H,9-12H2,1-3H3/t17-,18-/m0/s1. The van der Waals surface area contributed by atoms with Gasteiger partial charge in [0.15, 0.2) is 0 Å². The van der Waals surface area contributed by atoms with E-state index in [-0.39, 0.29) is 24.1 Å². The SMILES string of the molecule is Cc1cnc(N2C[C@@H]3OCC(Oc4ccc(F)cc4)CO[C@H]3C2)nc1N(C)C. The largest absolute Gasteiger partial charge is 0.486 e. The van der Waals surface area contributed by atoms with Gasteiger partial charge in [-0.3, -0.25) is 0 Å². The van der Waals surface area contributed by atoms with E-state index >= 15 is 0 Å². The summed E-state index contributed by atoms with van der Waals surface area (Å²) in [5.74, 6) is 1.92. The van der Waals surface area contributed by atoms with Gasteiger partial charge in [0.1, 0.15) is 35.7 Å². The summed E-state index contributed by atoms with van der Waals surface area (Å²) >= 11 is 0. The molecule has 0 saturated carbocycles. The topological polar surface area (TPSA) is 60.0 Å². The van der Waals surface area contributed by atoms with Crippen LogP contribution in [-0.4, -0.2) is 68.7 Å². The van der Waals surface area contributed by atoms with Crippen molar-refractivity contribution < 1.29 is 18.6 Å². The fourth-order valence-corrected chi connectivity index (χ4v) is 3.54. The molecular formula is C20H25FN4O3. The van der Waals surface area contributed by atoms with Crippen LogP contribution in [0.3, 0.4) is 0 Å². The van der Waals surface area contributed by atoms with Gasteiger partial charge in [0.25, 0.3) is 0 Å². The van der Waals surface area contributed by atoms with Crippen molar-refractivity contribution in [2.45, 2.75) is 25.2 Å². The third-order valence-electron chi connectivity index (χ3n) is 4.96. The van der Waals surface area contributed by atoms with Crippen molar-refractivity contribution in [2.75, 3.05) is 50.2 Å². The Morgan fingerprint density at radius 1 is 1.11 bits per heavy atom. The number of rotatable bonds is 4. The predicted octanol–water partition coefficient (Wildman–Crippen LogP) is 2.04. The van der Waals surface area contributed by atoms with Crippen LogP contribution in [0.2, 0.25) is 0 Å². The smallest absolute Gasteiger partial charge is 0.227 e. The normalized spacial score (nSPS) is 22.6. The first-order chi connectivity index (χ1) is 13.5. The summed E-state index contributed by atoms with van der Waals surface area (Å²) in [6.07, 6.45) is 1.50. The molecule has 0 bridgehead atoms. The van der Waals surface area contributed by atoms with E-state index in [1.165, 1.54) is 12.1 Å². The fourth-order valence-electron chi connectivity index (χ4n) is 3.54. The Balaban J connectivity index is 1.38. The average molecular weight is 388 g/mol. The minimum absolute atomic E-state index is 0.0606. The summed E-state index contributed by atoms with van der Waals surface area (Å²) in [5, 5.41) is 0. The number of ether oxygens (including phenoxy) is 3. The zero-order valence-corrected chi connectivity index (χ0v) is 16.3. The summed E-state index contributed by atoms with van der Waals surface area (Å²) in [4.78, 5) is 13.3. The van der Waals surface area contributed by atoms with Crippen LogP contribution in [-0.2, 0) is 9.47 Å². The van der Waals surface area contributed by atoms with Gasteiger partial charge in [-0.1, -0.05) is 0 Å². The highest BCUT2D eigenvalue weighted by Crippen LogP contribution is 2.26. The van der Waals surface area contributed by atoms with E-state index in [1.807, 2.05) is 32.1 Å². The van der Waals surface area contributed by atoms with Gasteiger partial charge >= 0.3 is 0 Å². The molecule has 7 nitrogen and oxygen atoms in total. The first kappa shape index (κ1) is 18.9. The number of hydrogen-bond donors (Lipinski definition) is 0. The van der Waals surface area contributed by atoms with Gasteiger partial charge in [0, 0.05) is 38.9 Å². The van der Waals surface area contributed by atoms with Gasteiger partial charge in [-0.25, -0.2) is 9.37 Å². The van der Waals surface area contributed by atoms with Crippen molar-refractivity contribution in [2.24, 2.45) is 0 Å². The predicted molar refractivity (Wildman–Crippen MR) is 104 cm³/mol. The minimum atomic E-state index is -0.286. The Hall–Kier alpha value is -2.45. The zero-order chi connectivity index (χ0) is 19.7. The molecule has 2 aliphatic heterocycles. The molecule has 2 atom stereocenters. The van der Waals surface area contributed by atoms with Crippen LogP contribution >= 0.6 is 0 Å². The van der Waals surface area contributed by atoms with E-state index in [0.29, 0.717) is 38.0 Å². The number of nitrogens with zero attached hydrogens (tertiary/aromatic N) is 4. The number of aromatic nitrogens is 2. The molecule has 0 amide bonds. The first-order valence-corrected chi connectivity index (χ1v) is 9.41. The van der Waals surface area contributed by atoms with Crippen molar-refractivity contribution in [3.8, 4) is 5.75 Å². The molecule has 3 heterocycles. The number of benzene rings is 1. The second-order valence-corrected chi connectivity index (χ2v) is 7.41. The monoisotopic (exact) mass is 388 g/mol. The van der Waals surface area contributed by atoms with Crippen molar-refractivity contribution in [3.05, 3.63) is 41.8 Å². The number of hydrogen-bond acceptors (Lipinski definition) is 7. The lowest BCUT2D eigenvalue weighted by Crippen LogP contribution is -2.30. The lowest BCUT2D eigenvalue weighted by atomic mass is 10.3. The van der Waals surface area contributed by atoms with E-state index in [4.69, 9.17) is 14.2 Å². The van der Waals surface area contributed by atoms with Crippen molar-refractivity contribution >= 4 is 11.8 Å². The van der Waals surface area contributed by atoms with Gasteiger partial charge < -0.3 is 24.0 Å². The minimum Gasteiger partial charge on any atom is -0.486 e.